The van der Waals surface area contributed by atoms with Crippen LogP contribution in [0.1, 0.15) is 35.0 Å². The van der Waals surface area contributed by atoms with E-state index in [4.69, 9.17) is 4.42 Å². The number of piperidine rings is 1. The second-order valence-electron chi connectivity index (χ2n) is 6.14. The van der Waals surface area contributed by atoms with Crippen LogP contribution >= 0.6 is 0 Å². The van der Waals surface area contributed by atoms with Gasteiger partial charge in [0, 0.05) is 31.0 Å². The van der Waals surface area contributed by atoms with Crippen LogP contribution in [0.4, 0.5) is 0 Å². The lowest BCUT2D eigenvalue weighted by Crippen LogP contribution is -2.39. The number of carbonyl (C=O) groups excluding carboxylic acids is 1. The van der Waals surface area contributed by atoms with Crippen molar-refractivity contribution in [3.05, 3.63) is 66.3 Å². The summed E-state index contributed by atoms with van der Waals surface area (Å²) in [7, 11) is 0. The molecule has 0 N–H and O–H groups in total. The molecule has 3 aromatic rings. The molecule has 1 aromatic carbocycles. The average Bonchev–Trinajstić information content (AvgIpc) is 3.19. The zero-order chi connectivity index (χ0) is 17.1. The zero-order valence-corrected chi connectivity index (χ0v) is 13.7. The van der Waals surface area contributed by atoms with Crippen LogP contribution in [0.2, 0.25) is 0 Å². The van der Waals surface area contributed by atoms with E-state index in [-0.39, 0.29) is 11.8 Å². The van der Waals surface area contributed by atoms with Crippen LogP contribution in [0, 0.1) is 0 Å². The molecule has 1 saturated heterocycles. The summed E-state index contributed by atoms with van der Waals surface area (Å²) in [6, 6.07) is 13.1. The maximum absolute atomic E-state index is 12.7. The summed E-state index contributed by atoms with van der Waals surface area (Å²) in [4.78, 5) is 18.6. The second-order valence-corrected chi connectivity index (χ2v) is 6.14. The Balaban J connectivity index is 1.50. The van der Waals surface area contributed by atoms with E-state index in [9.17, 15) is 4.79 Å². The predicted octanol–water partition coefficient (Wildman–Crippen LogP) is 3.15. The zero-order valence-electron chi connectivity index (χ0n) is 13.7. The molecule has 1 fully saturated rings. The van der Waals surface area contributed by atoms with Gasteiger partial charge in [-0.2, -0.15) is 0 Å². The molecule has 126 valence electrons. The Labute approximate surface area is 145 Å². The van der Waals surface area contributed by atoms with E-state index < -0.39 is 0 Å². The van der Waals surface area contributed by atoms with Gasteiger partial charge in [-0.1, -0.05) is 18.2 Å². The maximum atomic E-state index is 12.7. The molecular formula is C19H18N4O2. The molecule has 0 unspecified atom stereocenters. The summed E-state index contributed by atoms with van der Waals surface area (Å²) in [6.07, 6.45) is 5.26. The van der Waals surface area contributed by atoms with Gasteiger partial charge in [-0.15, -0.1) is 10.2 Å². The van der Waals surface area contributed by atoms with Crippen molar-refractivity contribution in [1.29, 1.82) is 0 Å². The van der Waals surface area contributed by atoms with E-state index in [0.717, 1.165) is 24.9 Å². The highest BCUT2D eigenvalue weighted by atomic mass is 16.4. The van der Waals surface area contributed by atoms with E-state index in [1.807, 2.05) is 47.4 Å². The number of aromatic nitrogens is 3. The molecule has 0 saturated carbocycles. The molecule has 1 atom stereocenters. The number of benzene rings is 1. The van der Waals surface area contributed by atoms with Gasteiger partial charge in [0.05, 0.1) is 11.5 Å². The van der Waals surface area contributed by atoms with Crippen molar-refractivity contribution >= 4 is 5.91 Å². The van der Waals surface area contributed by atoms with Crippen molar-refractivity contribution in [2.24, 2.45) is 0 Å². The molecule has 0 aliphatic carbocycles. The van der Waals surface area contributed by atoms with Crippen molar-refractivity contribution < 1.29 is 9.21 Å². The summed E-state index contributed by atoms with van der Waals surface area (Å²) in [5, 5.41) is 8.33. The minimum Gasteiger partial charge on any atom is -0.420 e. The predicted molar refractivity (Wildman–Crippen MR) is 91.8 cm³/mol. The Hall–Kier alpha value is -3.02. The Morgan fingerprint density at radius 2 is 2.00 bits per heavy atom. The van der Waals surface area contributed by atoms with Gasteiger partial charge >= 0.3 is 0 Å². The fraction of sp³-hybridized carbons (Fsp3) is 0.263. The van der Waals surface area contributed by atoms with Gasteiger partial charge in [-0.3, -0.25) is 9.78 Å². The average molecular weight is 334 g/mol. The highest BCUT2D eigenvalue weighted by Gasteiger charge is 2.29. The molecule has 0 spiro atoms. The van der Waals surface area contributed by atoms with E-state index in [0.29, 0.717) is 23.9 Å². The van der Waals surface area contributed by atoms with Crippen LogP contribution in [-0.4, -0.2) is 39.1 Å². The number of amides is 1. The number of hydrogen-bond donors (Lipinski definition) is 0. The topological polar surface area (TPSA) is 72.1 Å². The molecule has 25 heavy (non-hydrogen) atoms. The number of rotatable bonds is 3. The molecule has 6 heteroatoms. The number of carbonyl (C=O) groups is 1. The molecule has 1 aliphatic rings. The first kappa shape index (κ1) is 15.5. The summed E-state index contributed by atoms with van der Waals surface area (Å²) in [5.41, 5.74) is 1.51. The molecule has 1 amide bonds. The highest BCUT2D eigenvalue weighted by Crippen LogP contribution is 2.28. The summed E-state index contributed by atoms with van der Waals surface area (Å²) < 4.78 is 5.84. The molecule has 0 bridgehead atoms. The summed E-state index contributed by atoms with van der Waals surface area (Å²) >= 11 is 0. The van der Waals surface area contributed by atoms with Crippen LogP contribution in [0.5, 0.6) is 0 Å². The lowest BCUT2D eigenvalue weighted by Gasteiger charge is -2.31. The first-order valence-corrected chi connectivity index (χ1v) is 8.39. The van der Waals surface area contributed by atoms with Gasteiger partial charge in [-0.05, 0) is 37.1 Å². The van der Waals surface area contributed by atoms with Crippen molar-refractivity contribution in [1.82, 2.24) is 20.1 Å². The normalized spacial score (nSPS) is 17.4. The summed E-state index contributed by atoms with van der Waals surface area (Å²) in [5.74, 6) is 1.18. The van der Waals surface area contributed by atoms with Crippen LogP contribution in [0.3, 0.4) is 0 Å². The molecule has 4 rings (SSSR count). The third kappa shape index (κ3) is 3.28. The van der Waals surface area contributed by atoms with E-state index in [1.54, 1.807) is 12.4 Å². The standard InChI is InChI=1S/C19H18N4O2/c24-19(14-6-2-1-3-7-14)23-11-5-9-16(13-23)18-22-21-17(25-18)15-8-4-10-20-12-15/h1-4,6-8,10,12,16H,5,9,11,13H2/t16-/m0/s1. The van der Waals surface area contributed by atoms with Gasteiger partial charge in [0.25, 0.3) is 5.91 Å². The number of hydrogen-bond acceptors (Lipinski definition) is 5. The number of likely N-dealkylation sites (tertiary alicyclic amines) is 1. The van der Waals surface area contributed by atoms with Crippen LogP contribution < -0.4 is 0 Å². The van der Waals surface area contributed by atoms with Gasteiger partial charge in [0.1, 0.15) is 0 Å². The van der Waals surface area contributed by atoms with Crippen LogP contribution in [-0.2, 0) is 0 Å². The fourth-order valence-corrected chi connectivity index (χ4v) is 3.13. The van der Waals surface area contributed by atoms with E-state index in [1.165, 1.54) is 0 Å². The van der Waals surface area contributed by atoms with Crippen LogP contribution in [0.25, 0.3) is 11.5 Å². The molecular weight excluding hydrogens is 316 g/mol. The maximum Gasteiger partial charge on any atom is 0.253 e. The third-order valence-electron chi connectivity index (χ3n) is 4.43. The Morgan fingerprint density at radius 3 is 2.80 bits per heavy atom. The quantitative estimate of drug-likeness (QED) is 0.736. The summed E-state index contributed by atoms with van der Waals surface area (Å²) in [6.45, 7) is 1.36. The highest BCUT2D eigenvalue weighted by molar-refractivity contribution is 5.94. The second kappa shape index (κ2) is 6.84. The Kier molecular flexibility index (Phi) is 4.24. The van der Waals surface area contributed by atoms with Gasteiger partial charge in [-0.25, -0.2) is 0 Å². The van der Waals surface area contributed by atoms with Crippen molar-refractivity contribution in [3.63, 3.8) is 0 Å². The van der Waals surface area contributed by atoms with Gasteiger partial charge in [0.15, 0.2) is 0 Å². The smallest absolute Gasteiger partial charge is 0.253 e. The lowest BCUT2D eigenvalue weighted by molar-refractivity contribution is 0.0698. The molecule has 1 aliphatic heterocycles. The molecule has 3 heterocycles. The third-order valence-corrected chi connectivity index (χ3v) is 4.43. The van der Waals surface area contributed by atoms with E-state index in [2.05, 4.69) is 15.2 Å². The van der Waals surface area contributed by atoms with Crippen LogP contribution in [0.15, 0.2) is 59.3 Å². The van der Waals surface area contributed by atoms with Crippen molar-refractivity contribution in [2.45, 2.75) is 18.8 Å². The monoisotopic (exact) mass is 334 g/mol. The minimum atomic E-state index is 0.0531. The number of nitrogens with zero attached hydrogens (tertiary/aromatic N) is 4. The number of pyridine rings is 1. The molecule has 6 nitrogen and oxygen atoms in total. The molecule has 2 aromatic heterocycles. The SMILES string of the molecule is O=C(c1ccccc1)N1CCC[C@H](c2nnc(-c3cccnc3)o2)C1. The van der Waals surface area contributed by atoms with Crippen molar-refractivity contribution in [3.8, 4) is 11.5 Å². The first-order chi connectivity index (χ1) is 12.3. The van der Waals surface area contributed by atoms with Gasteiger partial charge < -0.3 is 9.32 Å². The Morgan fingerprint density at radius 1 is 1.12 bits per heavy atom. The lowest BCUT2D eigenvalue weighted by atomic mass is 9.97. The minimum absolute atomic E-state index is 0.0531. The first-order valence-electron chi connectivity index (χ1n) is 8.39. The Bertz CT molecular complexity index is 848. The molecule has 0 radical (unpaired) electrons. The largest absolute Gasteiger partial charge is 0.420 e. The fourth-order valence-electron chi connectivity index (χ4n) is 3.13. The van der Waals surface area contributed by atoms with E-state index >= 15 is 0 Å². The van der Waals surface area contributed by atoms with Gasteiger partial charge in [0.2, 0.25) is 11.8 Å². The van der Waals surface area contributed by atoms with Crippen molar-refractivity contribution in [2.75, 3.05) is 13.1 Å².